The summed E-state index contributed by atoms with van der Waals surface area (Å²) in [6.45, 7) is 1.67. The maximum absolute atomic E-state index is 13.7. The number of rotatable bonds is 6. The van der Waals surface area contributed by atoms with E-state index in [1.807, 2.05) is 7.05 Å². The number of fused-ring (bicyclic) bond motifs is 2. The molecule has 2 aliphatic rings. The van der Waals surface area contributed by atoms with Crippen LogP contribution in [0.2, 0.25) is 0 Å². The number of nitrogens with zero attached hydrogens (tertiary/aromatic N) is 4. The van der Waals surface area contributed by atoms with Crippen LogP contribution >= 0.6 is 11.3 Å². The maximum Gasteiger partial charge on any atom is 0.412 e. The average Bonchev–Trinajstić information content (AvgIpc) is 3.60. The van der Waals surface area contributed by atoms with Gasteiger partial charge in [-0.3, -0.25) is 20.3 Å². The lowest BCUT2D eigenvalue weighted by atomic mass is 10.1. The Labute approximate surface area is 246 Å². The zero-order valence-electron chi connectivity index (χ0n) is 23.4. The normalized spacial score (nSPS) is 18.0. The van der Waals surface area contributed by atoms with Gasteiger partial charge in [0.25, 0.3) is 15.9 Å². The number of amidine groups is 1. The van der Waals surface area contributed by atoms with Gasteiger partial charge in [-0.2, -0.15) is 4.31 Å². The second kappa shape index (κ2) is 11.8. The summed E-state index contributed by atoms with van der Waals surface area (Å²) in [6, 6.07) is 5.55. The molecule has 2 aromatic heterocycles. The molecule has 1 saturated heterocycles. The van der Waals surface area contributed by atoms with E-state index < -0.39 is 22.2 Å². The Balaban J connectivity index is 1.37. The summed E-state index contributed by atoms with van der Waals surface area (Å²) in [7, 11) is 0.671. The molecule has 5 rings (SSSR count). The SMILES string of the molecule is CNC(=O)CC1CN(S(=O)(=O)c2cc3cc(C(=N)NC(=O)OC)ccc3[nH]2)CCN1C(=O)c1nc2c(s1)CN(C)CC2. The zero-order valence-corrected chi connectivity index (χ0v) is 25.0. The summed E-state index contributed by atoms with van der Waals surface area (Å²) in [5, 5.41) is 13.7. The van der Waals surface area contributed by atoms with Crippen molar-refractivity contribution in [2.24, 2.45) is 0 Å². The highest BCUT2D eigenvalue weighted by Crippen LogP contribution is 2.29. The van der Waals surface area contributed by atoms with Gasteiger partial charge in [0, 0.05) is 74.0 Å². The van der Waals surface area contributed by atoms with E-state index in [4.69, 9.17) is 5.41 Å². The molecule has 224 valence electrons. The van der Waals surface area contributed by atoms with E-state index in [9.17, 15) is 22.8 Å². The number of nitrogens with one attached hydrogen (secondary N) is 4. The first-order valence-corrected chi connectivity index (χ1v) is 15.5. The maximum atomic E-state index is 13.7. The number of alkyl carbamates (subject to hydrolysis) is 1. The number of aromatic amines is 1. The molecule has 4 N–H and O–H groups in total. The molecule has 1 aromatic carbocycles. The van der Waals surface area contributed by atoms with E-state index in [-0.39, 0.29) is 48.7 Å². The molecule has 3 aromatic rings. The van der Waals surface area contributed by atoms with Gasteiger partial charge in [-0.15, -0.1) is 11.3 Å². The smallest absolute Gasteiger partial charge is 0.412 e. The quantitative estimate of drug-likeness (QED) is 0.233. The molecule has 0 spiro atoms. The average molecular weight is 617 g/mol. The van der Waals surface area contributed by atoms with Gasteiger partial charge in [0.05, 0.1) is 18.8 Å². The predicted molar refractivity (Wildman–Crippen MR) is 155 cm³/mol. The van der Waals surface area contributed by atoms with Gasteiger partial charge in [-0.1, -0.05) is 0 Å². The van der Waals surface area contributed by atoms with Crippen LogP contribution < -0.4 is 10.6 Å². The Morgan fingerprint density at radius 2 is 2.00 bits per heavy atom. The first-order valence-electron chi connectivity index (χ1n) is 13.3. The van der Waals surface area contributed by atoms with Crippen LogP contribution in [0.25, 0.3) is 10.9 Å². The Morgan fingerprint density at radius 3 is 2.74 bits per heavy atom. The van der Waals surface area contributed by atoms with E-state index >= 15 is 0 Å². The zero-order chi connectivity index (χ0) is 30.2. The van der Waals surface area contributed by atoms with Crippen molar-refractivity contribution in [1.82, 2.24) is 34.7 Å². The first kappa shape index (κ1) is 29.6. The molecule has 0 saturated carbocycles. The summed E-state index contributed by atoms with van der Waals surface area (Å²) in [4.78, 5) is 49.8. The second-order valence-electron chi connectivity index (χ2n) is 10.2. The topological polar surface area (TPSA) is 181 Å². The van der Waals surface area contributed by atoms with E-state index in [1.54, 1.807) is 23.1 Å². The molecule has 1 atom stereocenters. The minimum Gasteiger partial charge on any atom is -0.453 e. The molecule has 1 fully saturated rings. The lowest BCUT2D eigenvalue weighted by Gasteiger charge is -2.40. The van der Waals surface area contributed by atoms with Crippen molar-refractivity contribution >= 4 is 56.0 Å². The molecule has 14 nitrogen and oxygen atoms in total. The van der Waals surface area contributed by atoms with E-state index in [2.05, 4.69) is 30.2 Å². The second-order valence-corrected chi connectivity index (χ2v) is 13.2. The van der Waals surface area contributed by atoms with Crippen molar-refractivity contribution in [3.05, 3.63) is 45.4 Å². The van der Waals surface area contributed by atoms with E-state index in [0.29, 0.717) is 21.5 Å². The minimum absolute atomic E-state index is 0.0421. The molecule has 4 heterocycles. The fourth-order valence-electron chi connectivity index (χ4n) is 5.11. The third-order valence-corrected chi connectivity index (χ3v) is 10.3. The molecular formula is C26H32N8O6S2. The van der Waals surface area contributed by atoms with Crippen LogP contribution in [0.3, 0.4) is 0 Å². The van der Waals surface area contributed by atoms with Crippen LogP contribution in [-0.4, -0.2) is 110 Å². The molecule has 0 radical (unpaired) electrons. The molecule has 2 aliphatic heterocycles. The number of hydrogen-bond donors (Lipinski definition) is 4. The number of likely N-dealkylation sites (N-methyl/N-ethyl adjacent to an activating group) is 1. The summed E-state index contributed by atoms with van der Waals surface area (Å²) in [5.74, 6) is -0.803. The number of H-pyrrole nitrogens is 1. The number of thiazole rings is 1. The summed E-state index contributed by atoms with van der Waals surface area (Å²) >= 11 is 1.35. The van der Waals surface area contributed by atoms with Gasteiger partial charge in [-0.05, 0) is 31.3 Å². The fraction of sp³-hybridized carbons (Fsp3) is 0.423. The number of hydrogen-bond acceptors (Lipinski definition) is 10. The molecule has 42 heavy (non-hydrogen) atoms. The van der Waals surface area contributed by atoms with Crippen molar-refractivity contribution in [1.29, 1.82) is 5.41 Å². The van der Waals surface area contributed by atoms with Crippen molar-refractivity contribution in [3.63, 3.8) is 0 Å². The standard InChI is InChI=1S/C26H32N8O6S2/c1-28-21(35)12-17-13-33(8-9-34(17)25(36)24-30-19-6-7-32(2)14-20(19)41-24)42(38,39)22-11-16-10-15(4-5-18(16)29-22)23(27)31-26(37)40-3/h4-5,10-11,17,29H,6-9,12-14H2,1-3H3,(H,28,35)(H2,27,31,37). The number of aromatic nitrogens is 2. The summed E-state index contributed by atoms with van der Waals surface area (Å²) < 4.78 is 33.3. The number of benzene rings is 1. The van der Waals surface area contributed by atoms with Crippen LogP contribution in [0.1, 0.15) is 32.4 Å². The van der Waals surface area contributed by atoms with E-state index in [0.717, 1.165) is 30.1 Å². The number of carbonyl (C=O) groups is 3. The van der Waals surface area contributed by atoms with Crippen molar-refractivity contribution in [2.75, 3.05) is 47.4 Å². The van der Waals surface area contributed by atoms with Gasteiger partial charge in [0.1, 0.15) is 10.9 Å². The largest absolute Gasteiger partial charge is 0.453 e. The fourth-order valence-corrected chi connectivity index (χ4v) is 7.73. The van der Waals surface area contributed by atoms with Crippen LogP contribution in [0.4, 0.5) is 4.79 Å². The van der Waals surface area contributed by atoms with Crippen LogP contribution in [0, 0.1) is 5.41 Å². The van der Waals surface area contributed by atoms with Gasteiger partial charge in [-0.25, -0.2) is 18.2 Å². The van der Waals surface area contributed by atoms with Crippen LogP contribution in [0.15, 0.2) is 29.3 Å². The highest BCUT2D eigenvalue weighted by molar-refractivity contribution is 7.89. The van der Waals surface area contributed by atoms with E-state index in [1.165, 1.54) is 35.9 Å². The highest BCUT2D eigenvalue weighted by atomic mass is 32.2. The predicted octanol–water partition coefficient (Wildman–Crippen LogP) is 0.945. The summed E-state index contributed by atoms with van der Waals surface area (Å²) in [5.41, 5.74) is 1.81. The third kappa shape index (κ3) is 5.88. The van der Waals surface area contributed by atoms with Crippen molar-refractivity contribution in [2.45, 2.75) is 30.5 Å². The van der Waals surface area contributed by atoms with Gasteiger partial charge < -0.3 is 24.8 Å². The number of carbonyl (C=O) groups excluding carboxylic acids is 3. The number of piperazine rings is 1. The lowest BCUT2D eigenvalue weighted by molar-refractivity contribution is -0.121. The Morgan fingerprint density at radius 1 is 1.21 bits per heavy atom. The molecule has 1 unspecified atom stereocenters. The third-order valence-electron chi connectivity index (χ3n) is 7.43. The summed E-state index contributed by atoms with van der Waals surface area (Å²) in [6.07, 6.45) is -0.0884. The molecule has 0 aliphatic carbocycles. The molecule has 0 bridgehead atoms. The Kier molecular flexibility index (Phi) is 8.32. The molecule has 16 heteroatoms. The van der Waals surface area contributed by atoms with Gasteiger partial charge in [0.2, 0.25) is 5.91 Å². The van der Waals surface area contributed by atoms with Crippen molar-refractivity contribution < 1.29 is 27.5 Å². The monoisotopic (exact) mass is 616 g/mol. The minimum atomic E-state index is -4.03. The molecule has 3 amide bonds. The van der Waals surface area contributed by atoms with Gasteiger partial charge in [0.15, 0.2) is 5.01 Å². The number of ether oxygens (including phenoxy) is 1. The highest BCUT2D eigenvalue weighted by Gasteiger charge is 2.39. The molecular weight excluding hydrogens is 584 g/mol. The Hall–Kier alpha value is -3.86. The number of amides is 3. The van der Waals surface area contributed by atoms with Crippen LogP contribution in [-0.2, 0) is 32.5 Å². The number of sulfonamides is 1. The van der Waals surface area contributed by atoms with Crippen LogP contribution in [0.5, 0.6) is 0 Å². The Bertz CT molecular complexity index is 1670. The first-order chi connectivity index (χ1) is 20.0. The van der Waals surface area contributed by atoms with Crippen molar-refractivity contribution in [3.8, 4) is 0 Å². The lowest BCUT2D eigenvalue weighted by Crippen LogP contribution is -2.57. The van der Waals surface area contributed by atoms with Gasteiger partial charge >= 0.3 is 6.09 Å². The number of methoxy groups -OCH3 is 1.